The van der Waals surface area contributed by atoms with Crippen LogP contribution in [0.5, 0.6) is 0 Å². The molecule has 0 aliphatic rings. The molecular weight excluding hydrogens is 590 g/mol. The molecule has 0 spiro atoms. The second kappa shape index (κ2) is 10.6. The quantitative estimate of drug-likeness (QED) is 0.257. The average Bonchev–Trinajstić information content (AvgIpc) is 3.37. The van der Waals surface area contributed by atoms with Gasteiger partial charge in [0.2, 0.25) is 0 Å². The Morgan fingerprint density at radius 3 is 2.05 bits per heavy atom. The van der Waals surface area contributed by atoms with Crippen LogP contribution in [0.2, 0.25) is 5.02 Å². The number of nitriles is 1. The smallest absolute Gasteiger partial charge is 0.388 e. The highest BCUT2D eigenvalue weighted by Gasteiger charge is 2.40. The Balaban J connectivity index is 1.86. The molecule has 0 fully saturated rings. The molecule has 3 heterocycles. The lowest BCUT2D eigenvalue weighted by Crippen LogP contribution is -2.31. The summed E-state index contributed by atoms with van der Waals surface area (Å²) in [6.07, 6.45) is -10.4. The number of rotatable bonds is 5. The summed E-state index contributed by atoms with van der Waals surface area (Å²) < 4.78 is 83.2. The van der Waals surface area contributed by atoms with Crippen molar-refractivity contribution in [1.82, 2.24) is 24.4 Å². The molecule has 8 nitrogen and oxygen atoms in total. The molecule has 214 valence electrons. The molecule has 0 amide bonds. The third kappa shape index (κ3) is 5.19. The van der Waals surface area contributed by atoms with Crippen LogP contribution in [0.1, 0.15) is 28.3 Å². The summed E-state index contributed by atoms with van der Waals surface area (Å²) in [5.74, 6) is -0.225. The minimum atomic E-state index is -5.30. The minimum Gasteiger partial charge on any atom is -0.388 e. The Hall–Kier alpha value is -4.74. The number of pyridine rings is 1. The van der Waals surface area contributed by atoms with E-state index in [1.807, 2.05) is 6.07 Å². The van der Waals surface area contributed by atoms with Crippen LogP contribution in [-0.4, -0.2) is 29.5 Å². The maximum absolute atomic E-state index is 14.2. The first-order valence-corrected chi connectivity index (χ1v) is 12.2. The van der Waals surface area contributed by atoms with Crippen molar-refractivity contribution in [1.29, 1.82) is 5.26 Å². The van der Waals surface area contributed by atoms with E-state index in [-0.39, 0.29) is 33.7 Å². The number of hydrogen-bond donors (Lipinski definition) is 1. The third-order valence-corrected chi connectivity index (χ3v) is 6.56. The number of hydrogen-bond acceptors (Lipinski definition) is 6. The van der Waals surface area contributed by atoms with Gasteiger partial charge < -0.3 is 5.11 Å². The fourth-order valence-electron chi connectivity index (χ4n) is 4.45. The summed E-state index contributed by atoms with van der Waals surface area (Å²) >= 11 is 6.04. The molecule has 42 heavy (non-hydrogen) atoms. The number of aromatic nitrogens is 5. The van der Waals surface area contributed by atoms with Crippen molar-refractivity contribution in [3.05, 3.63) is 104 Å². The molecule has 0 bridgehead atoms. The molecule has 15 heteroatoms. The Morgan fingerprint density at radius 2 is 1.48 bits per heavy atom. The summed E-state index contributed by atoms with van der Waals surface area (Å²) in [5, 5.41) is 27.5. The van der Waals surface area contributed by atoms with Crippen LogP contribution in [0, 0.1) is 11.3 Å². The summed E-state index contributed by atoms with van der Waals surface area (Å²) in [7, 11) is 0. The highest BCUT2D eigenvalue weighted by molar-refractivity contribution is 6.30. The van der Waals surface area contributed by atoms with Gasteiger partial charge in [0.25, 0.3) is 5.56 Å². The fourth-order valence-corrected chi connectivity index (χ4v) is 4.58. The lowest BCUT2D eigenvalue weighted by Gasteiger charge is -2.19. The number of aliphatic hydroxyl groups excluding tert-OH is 1. The molecule has 0 aliphatic heterocycles. The summed E-state index contributed by atoms with van der Waals surface area (Å²) in [4.78, 5) is 17.0. The second-order valence-electron chi connectivity index (χ2n) is 8.92. The van der Waals surface area contributed by atoms with E-state index in [0.29, 0.717) is 22.7 Å². The number of aliphatic hydroxyl groups is 1. The molecule has 5 rings (SSSR count). The minimum absolute atomic E-state index is 0.0474. The van der Waals surface area contributed by atoms with E-state index in [4.69, 9.17) is 11.6 Å². The van der Waals surface area contributed by atoms with Crippen LogP contribution in [-0.2, 0) is 25.5 Å². The predicted molar refractivity (Wildman–Crippen MR) is 137 cm³/mol. The van der Waals surface area contributed by atoms with E-state index >= 15 is 0 Å². The first kappa shape index (κ1) is 28.8. The van der Waals surface area contributed by atoms with Crippen LogP contribution >= 0.6 is 11.6 Å². The largest absolute Gasteiger partial charge is 0.433 e. The Kier molecular flexibility index (Phi) is 7.25. The van der Waals surface area contributed by atoms with Crippen molar-refractivity contribution in [2.24, 2.45) is 0 Å². The number of alkyl halides is 6. The summed E-state index contributed by atoms with van der Waals surface area (Å²) in [5.41, 5.74) is -4.21. The van der Waals surface area contributed by atoms with Gasteiger partial charge in [-0.3, -0.25) is 4.79 Å². The van der Waals surface area contributed by atoms with Crippen molar-refractivity contribution < 1.29 is 31.4 Å². The molecule has 0 radical (unpaired) electrons. The summed E-state index contributed by atoms with van der Waals surface area (Å²) in [6, 6.07) is 14.9. The van der Waals surface area contributed by atoms with Gasteiger partial charge >= 0.3 is 12.4 Å². The van der Waals surface area contributed by atoms with Crippen molar-refractivity contribution >= 4 is 17.2 Å². The second-order valence-corrected chi connectivity index (χ2v) is 9.35. The van der Waals surface area contributed by atoms with Crippen molar-refractivity contribution in [2.45, 2.75) is 25.5 Å². The van der Waals surface area contributed by atoms with Crippen molar-refractivity contribution in [3.8, 4) is 28.3 Å². The molecule has 5 aromatic rings. The van der Waals surface area contributed by atoms with Crippen LogP contribution in [0.25, 0.3) is 27.9 Å². The van der Waals surface area contributed by atoms with Gasteiger partial charge in [-0.2, -0.15) is 31.6 Å². The van der Waals surface area contributed by atoms with E-state index < -0.39 is 48.0 Å². The van der Waals surface area contributed by atoms with Gasteiger partial charge in [-0.25, -0.2) is 14.2 Å². The van der Waals surface area contributed by atoms with Gasteiger partial charge in [0.15, 0.2) is 11.5 Å². The molecule has 2 aromatic carbocycles. The van der Waals surface area contributed by atoms with Crippen LogP contribution in [0.3, 0.4) is 0 Å². The predicted octanol–water partition coefficient (Wildman–Crippen LogP) is 5.72. The fraction of sp³-hybridized carbons (Fsp3) is 0.148. The van der Waals surface area contributed by atoms with Gasteiger partial charge in [0, 0.05) is 16.1 Å². The van der Waals surface area contributed by atoms with Gasteiger partial charge in [0.05, 0.1) is 23.7 Å². The highest BCUT2D eigenvalue weighted by atomic mass is 35.5. The van der Waals surface area contributed by atoms with E-state index in [0.717, 1.165) is 9.20 Å². The standard InChI is InChI=1S/C27H15ClF6N6O2/c28-18-8-5-15(6-9-18)21-22(16-3-1-14(11-35)2-4-16)25(42)39(40-20(13-41)37-38-24(21)40)12-17-7-10-19(26(29,30)31)36-23(17)27(32,33)34/h1-10,41H,12-13H2. The van der Waals surface area contributed by atoms with E-state index in [9.17, 15) is 41.5 Å². The molecule has 0 unspecified atom stereocenters. The van der Waals surface area contributed by atoms with E-state index in [1.54, 1.807) is 12.1 Å². The lowest BCUT2D eigenvalue weighted by molar-refractivity contribution is -0.150. The first-order chi connectivity index (χ1) is 19.8. The summed E-state index contributed by atoms with van der Waals surface area (Å²) in [6.45, 7) is -1.70. The molecule has 1 N–H and O–H groups in total. The monoisotopic (exact) mass is 604 g/mol. The topological polar surface area (TPSA) is 109 Å². The van der Waals surface area contributed by atoms with Crippen molar-refractivity contribution in [3.63, 3.8) is 0 Å². The van der Waals surface area contributed by atoms with Gasteiger partial charge in [-0.05, 0) is 41.5 Å². The van der Waals surface area contributed by atoms with Gasteiger partial charge in [0.1, 0.15) is 18.0 Å². The Morgan fingerprint density at radius 1 is 0.857 bits per heavy atom. The van der Waals surface area contributed by atoms with Gasteiger partial charge in [-0.15, -0.1) is 10.2 Å². The zero-order valence-corrected chi connectivity index (χ0v) is 21.6. The zero-order chi connectivity index (χ0) is 30.4. The Labute approximate surface area is 236 Å². The van der Waals surface area contributed by atoms with Crippen LogP contribution < -0.4 is 5.56 Å². The normalized spacial score (nSPS) is 12.1. The maximum Gasteiger partial charge on any atom is 0.433 e. The molecule has 3 aromatic heterocycles. The van der Waals surface area contributed by atoms with Crippen molar-refractivity contribution in [2.75, 3.05) is 0 Å². The molecule has 0 saturated carbocycles. The Bertz CT molecular complexity index is 1910. The SMILES string of the molecule is N#Cc1ccc(-c2c(-c3ccc(Cl)cc3)c3nnc(CO)n3n(Cc3ccc(C(F)(F)F)nc3C(F)(F)F)c2=O)cc1. The number of halogens is 7. The van der Waals surface area contributed by atoms with E-state index in [1.165, 1.54) is 36.4 Å². The van der Waals surface area contributed by atoms with Crippen LogP contribution in [0.15, 0.2) is 65.5 Å². The third-order valence-electron chi connectivity index (χ3n) is 6.30. The number of benzene rings is 2. The van der Waals surface area contributed by atoms with Crippen LogP contribution in [0.4, 0.5) is 26.3 Å². The first-order valence-electron chi connectivity index (χ1n) is 11.9. The van der Waals surface area contributed by atoms with E-state index in [2.05, 4.69) is 15.2 Å². The molecular formula is C27H15ClF6N6O2. The number of fused-ring (bicyclic) bond motifs is 1. The molecule has 0 aliphatic carbocycles. The van der Waals surface area contributed by atoms with Gasteiger partial charge in [-0.1, -0.05) is 41.9 Å². The maximum atomic E-state index is 14.2. The average molecular weight is 605 g/mol. The molecule has 0 atom stereocenters. The lowest BCUT2D eigenvalue weighted by atomic mass is 9.96. The zero-order valence-electron chi connectivity index (χ0n) is 20.9. The highest BCUT2D eigenvalue weighted by Crippen LogP contribution is 2.37. The molecule has 0 saturated heterocycles. The number of nitrogens with zero attached hydrogens (tertiary/aromatic N) is 6.